The van der Waals surface area contributed by atoms with Crippen LogP contribution in [0.3, 0.4) is 0 Å². The van der Waals surface area contributed by atoms with E-state index in [9.17, 15) is 4.79 Å². The Balaban J connectivity index is 2.20. The zero-order valence-electron chi connectivity index (χ0n) is 10.7. The van der Waals surface area contributed by atoms with Crippen molar-refractivity contribution in [2.45, 2.75) is 12.8 Å². The van der Waals surface area contributed by atoms with Crippen LogP contribution in [0.5, 0.6) is 0 Å². The predicted octanol–water partition coefficient (Wildman–Crippen LogP) is 1.59. The second-order valence-corrected chi connectivity index (χ2v) is 4.38. The smallest absolute Gasteiger partial charge is 0.167 e. The lowest BCUT2D eigenvalue weighted by atomic mass is 9.97. The van der Waals surface area contributed by atoms with Crippen molar-refractivity contribution in [3.8, 4) is 0 Å². The Hall–Kier alpha value is -2.20. The largest absolute Gasteiger partial charge is 0.384 e. The summed E-state index contributed by atoms with van der Waals surface area (Å²) in [6.07, 6.45) is 2.65. The summed E-state index contributed by atoms with van der Waals surface area (Å²) in [5.74, 6) is 0.509. The van der Waals surface area contributed by atoms with Crippen molar-refractivity contribution in [1.29, 1.82) is 0 Å². The average Bonchev–Trinajstić information content (AvgIpc) is 2.39. The molecule has 4 heteroatoms. The fourth-order valence-electron chi connectivity index (χ4n) is 2.05. The molecule has 0 radical (unpaired) electrons. The minimum atomic E-state index is 0.0784. The summed E-state index contributed by atoms with van der Waals surface area (Å²) in [7, 11) is 0. The molecule has 0 aliphatic rings. The van der Waals surface area contributed by atoms with E-state index in [0.717, 1.165) is 16.7 Å². The van der Waals surface area contributed by atoms with Crippen LogP contribution in [0, 0.1) is 0 Å². The molecule has 1 aromatic carbocycles. The van der Waals surface area contributed by atoms with Crippen molar-refractivity contribution in [3.05, 3.63) is 59.3 Å². The van der Waals surface area contributed by atoms with E-state index in [0.29, 0.717) is 25.2 Å². The number of benzene rings is 1. The minimum absolute atomic E-state index is 0.0784. The lowest BCUT2D eigenvalue weighted by Gasteiger charge is -2.08. The highest BCUT2D eigenvalue weighted by Gasteiger charge is 2.11. The Morgan fingerprint density at radius 3 is 2.74 bits per heavy atom. The minimum Gasteiger partial charge on any atom is -0.384 e. The van der Waals surface area contributed by atoms with E-state index in [2.05, 4.69) is 4.98 Å². The molecule has 0 bridgehead atoms. The van der Waals surface area contributed by atoms with Crippen LogP contribution >= 0.6 is 0 Å². The monoisotopic (exact) mass is 255 g/mol. The second-order valence-electron chi connectivity index (χ2n) is 4.38. The van der Waals surface area contributed by atoms with Gasteiger partial charge in [-0.3, -0.25) is 4.79 Å². The van der Waals surface area contributed by atoms with E-state index in [4.69, 9.17) is 11.5 Å². The number of nitrogens with two attached hydrogens (primary N) is 2. The molecule has 4 N–H and O–H groups in total. The van der Waals surface area contributed by atoms with Gasteiger partial charge in [-0.2, -0.15) is 0 Å². The summed E-state index contributed by atoms with van der Waals surface area (Å²) in [5, 5.41) is 0. The number of hydrogen-bond donors (Lipinski definition) is 2. The van der Waals surface area contributed by atoms with Crippen molar-refractivity contribution in [3.63, 3.8) is 0 Å². The number of pyridine rings is 1. The zero-order chi connectivity index (χ0) is 13.7. The average molecular weight is 255 g/mol. The van der Waals surface area contributed by atoms with E-state index < -0.39 is 0 Å². The first-order valence-corrected chi connectivity index (χ1v) is 6.22. The van der Waals surface area contributed by atoms with Gasteiger partial charge in [0.1, 0.15) is 5.82 Å². The Morgan fingerprint density at radius 2 is 2.00 bits per heavy atom. The molecule has 0 spiro atoms. The molecule has 0 fully saturated rings. The maximum Gasteiger partial charge on any atom is 0.167 e. The summed E-state index contributed by atoms with van der Waals surface area (Å²) in [5.41, 5.74) is 13.8. The summed E-state index contributed by atoms with van der Waals surface area (Å²) in [6.45, 7) is 0.534. The van der Waals surface area contributed by atoms with E-state index in [1.807, 2.05) is 24.3 Å². The number of nitrogens with zero attached hydrogens (tertiary/aromatic N) is 1. The van der Waals surface area contributed by atoms with Crippen LogP contribution in [0.4, 0.5) is 5.82 Å². The molecule has 0 aliphatic heterocycles. The standard InChI is InChI=1S/C15H17N3O/c16-7-5-12-3-1-2-4-13(12)14(19)9-11-6-8-18-15(17)10-11/h1-4,6,8,10H,5,7,9,16H2,(H2,17,18). The molecular weight excluding hydrogens is 238 g/mol. The SMILES string of the molecule is NCCc1ccccc1C(=O)Cc1ccnc(N)c1. The molecule has 98 valence electrons. The number of carbonyl (C=O) groups excluding carboxylic acids is 1. The lowest BCUT2D eigenvalue weighted by Crippen LogP contribution is -2.11. The molecule has 0 unspecified atom stereocenters. The molecule has 2 rings (SSSR count). The van der Waals surface area contributed by atoms with Gasteiger partial charge in [-0.15, -0.1) is 0 Å². The first-order chi connectivity index (χ1) is 9.20. The number of aromatic nitrogens is 1. The van der Waals surface area contributed by atoms with Crippen molar-refractivity contribution in [1.82, 2.24) is 4.98 Å². The van der Waals surface area contributed by atoms with Gasteiger partial charge in [0.2, 0.25) is 0 Å². The number of anilines is 1. The van der Waals surface area contributed by atoms with Gasteiger partial charge >= 0.3 is 0 Å². The van der Waals surface area contributed by atoms with Crippen molar-refractivity contribution in [2.24, 2.45) is 5.73 Å². The number of Topliss-reactive ketones (excluding diaryl/α,β-unsaturated/α-hetero) is 1. The lowest BCUT2D eigenvalue weighted by molar-refractivity contribution is 0.0992. The van der Waals surface area contributed by atoms with Gasteiger partial charge < -0.3 is 11.5 Å². The molecule has 1 aromatic heterocycles. The van der Waals surface area contributed by atoms with Gasteiger partial charge in [0, 0.05) is 18.2 Å². The second kappa shape index (κ2) is 6.11. The predicted molar refractivity (Wildman–Crippen MR) is 75.9 cm³/mol. The van der Waals surface area contributed by atoms with Crippen molar-refractivity contribution in [2.75, 3.05) is 12.3 Å². The van der Waals surface area contributed by atoms with Crippen LogP contribution in [-0.4, -0.2) is 17.3 Å². The van der Waals surface area contributed by atoms with Gasteiger partial charge in [-0.1, -0.05) is 24.3 Å². The van der Waals surface area contributed by atoms with Gasteiger partial charge in [0.05, 0.1) is 0 Å². The van der Waals surface area contributed by atoms with E-state index in [1.165, 1.54) is 0 Å². The molecule has 0 saturated heterocycles. The number of carbonyl (C=O) groups is 1. The van der Waals surface area contributed by atoms with Crippen LogP contribution in [0.2, 0.25) is 0 Å². The van der Waals surface area contributed by atoms with Crippen LogP contribution in [0.25, 0.3) is 0 Å². The number of rotatable bonds is 5. The molecule has 2 aromatic rings. The number of hydrogen-bond acceptors (Lipinski definition) is 4. The molecule has 0 amide bonds. The Kier molecular flexibility index (Phi) is 4.26. The molecule has 1 heterocycles. The maximum absolute atomic E-state index is 12.3. The first kappa shape index (κ1) is 13.2. The van der Waals surface area contributed by atoms with Gasteiger partial charge in [-0.25, -0.2) is 4.98 Å². The zero-order valence-corrected chi connectivity index (χ0v) is 10.7. The maximum atomic E-state index is 12.3. The van der Waals surface area contributed by atoms with Crippen LogP contribution in [-0.2, 0) is 12.8 Å². The summed E-state index contributed by atoms with van der Waals surface area (Å²) >= 11 is 0. The number of ketones is 1. The molecule has 19 heavy (non-hydrogen) atoms. The highest BCUT2D eigenvalue weighted by atomic mass is 16.1. The molecule has 0 saturated carbocycles. The Labute approximate surface area is 112 Å². The quantitative estimate of drug-likeness (QED) is 0.795. The third-order valence-corrected chi connectivity index (χ3v) is 2.94. The van der Waals surface area contributed by atoms with Gasteiger partial charge in [0.15, 0.2) is 5.78 Å². The van der Waals surface area contributed by atoms with Gasteiger partial charge in [0.25, 0.3) is 0 Å². The van der Waals surface area contributed by atoms with Gasteiger partial charge in [-0.05, 0) is 36.2 Å². The summed E-state index contributed by atoms with van der Waals surface area (Å²) in [6, 6.07) is 11.1. The van der Waals surface area contributed by atoms with Crippen LogP contribution in [0.15, 0.2) is 42.6 Å². The van der Waals surface area contributed by atoms with E-state index in [1.54, 1.807) is 18.3 Å². The van der Waals surface area contributed by atoms with Crippen molar-refractivity contribution >= 4 is 11.6 Å². The summed E-state index contributed by atoms with van der Waals surface area (Å²) in [4.78, 5) is 16.2. The third-order valence-electron chi connectivity index (χ3n) is 2.94. The third kappa shape index (κ3) is 3.39. The Morgan fingerprint density at radius 1 is 1.21 bits per heavy atom. The normalized spacial score (nSPS) is 10.4. The highest BCUT2D eigenvalue weighted by molar-refractivity contribution is 5.98. The number of nitrogen functional groups attached to an aromatic ring is 1. The topological polar surface area (TPSA) is 82.0 Å². The molecule has 4 nitrogen and oxygen atoms in total. The van der Waals surface area contributed by atoms with Crippen LogP contribution < -0.4 is 11.5 Å². The Bertz CT molecular complexity index is 581. The van der Waals surface area contributed by atoms with E-state index in [-0.39, 0.29) is 5.78 Å². The fraction of sp³-hybridized carbons (Fsp3) is 0.200. The van der Waals surface area contributed by atoms with Crippen LogP contribution in [0.1, 0.15) is 21.5 Å². The summed E-state index contributed by atoms with van der Waals surface area (Å²) < 4.78 is 0. The highest BCUT2D eigenvalue weighted by Crippen LogP contribution is 2.14. The van der Waals surface area contributed by atoms with E-state index >= 15 is 0 Å². The fourth-order valence-corrected chi connectivity index (χ4v) is 2.05. The molecular formula is C15H17N3O. The molecule has 0 aliphatic carbocycles. The first-order valence-electron chi connectivity index (χ1n) is 6.22. The van der Waals surface area contributed by atoms with Crippen molar-refractivity contribution < 1.29 is 4.79 Å². The molecule has 0 atom stereocenters.